The van der Waals surface area contributed by atoms with Crippen LogP contribution in [0.4, 0.5) is 5.82 Å². The van der Waals surface area contributed by atoms with Crippen LogP contribution in [0.25, 0.3) is 0 Å². The zero-order valence-corrected chi connectivity index (χ0v) is 11.0. The second-order valence-electron chi connectivity index (χ2n) is 4.13. The smallest absolute Gasteiger partial charge is 0.257 e. The number of hydrogen-bond acceptors (Lipinski definition) is 2. The van der Waals surface area contributed by atoms with E-state index in [-0.39, 0.29) is 5.91 Å². The highest BCUT2D eigenvalue weighted by molar-refractivity contribution is 6.30. The summed E-state index contributed by atoms with van der Waals surface area (Å²) in [6.07, 6.45) is 1.50. The number of carbonyl (C=O) groups excluding carboxylic acids is 1. The number of aromatic nitrogens is 1. The predicted molar refractivity (Wildman–Crippen MR) is 73.1 cm³/mol. The van der Waals surface area contributed by atoms with Gasteiger partial charge in [0.2, 0.25) is 0 Å². The summed E-state index contributed by atoms with van der Waals surface area (Å²) in [7, 11) is 0. The lowest BCUT2D eigenvalue weighted by Crippen LogP contribution is -2.14. The Morgan fingerprint density at radius 2 is 2.00 bits per heavy atom. The van der Waals surface area contributed by atoms with Crippen LogP contribution in [-0.4, -0.2) is 10.9 Å². The molecule has 0 unspecified atom stereocenters. The number of anilines is 1. The van der Waals surface area contributed by atoms with Gasteiger partial charge in [0.15, 0.2) is 0 Å². The number of aryl methyl sites for hydroxylation is 2. The Labute approximate surface area is 111 Å². The molecule has 0 radical (unpaired) electrons. The monoisotopic (exact) mass is 260 g/mol. The summed E-state index contributed by atoms with van der Waals surface area (Å²) in [5.74, 6) is 0.326. The molecule has 3 nitrogen and oxygen atoms in total. The van der Waals surface area contributed by atoms with Crippen LogP contribution in [0.3, 0.4) is 0 Å². The number of hydrogen-bond donors (Lipinski definition) is 1. The van der Waals surface area contributed by atoms with Gasteiger partial charge in [0.25, 0.3) is 5.91 Å². The van der Waals surface area contributed by atoms with E-state index in [0.717, 1.165) is 11.1 Å². The van der Waals surface area contributed by atoms with Gasteiger partial charge in [-0.3, -0.25) is 4.79 Å². The first-order chi connectivity index (χ1) is 8.56. The molecule has 1 heterocycles. The average molecular weight is 261 g/mol. The van der Waals surface area contributed by atoms with Crippen molar-refractivity contribution in [3.63, 3.8) is 0 Å². The van der Waals surface area contributed by atoms with E-state index >= 15 is 0 Å². The van der Waals surface area contributed by atoms with Crippen LogP contribution in [-0.2, 0) is 0 Å². The molecule has 0 aliphatic rings. The van der Waals surface area contributed by atoms with Crippen molar-refractivity contribution in [2.75, 3.05) is 5.32 Å². The first kappa shape index (κ1) is 12.6. The van der Waals surface area contributed by atoms with E-state index in [1.54, 1.807) is 12.1 Å². The lowest BCUT2D eigenvalue weighted by molar-refractivity contribution is 0.102. The normalized spacial score (nSPS) is 10.2. The number of amides is 1. The number of rotatable bonds is 2. The Balaban J connectivity index is 2.19. The maximum Gasteiger partial charge on any atom is 0.257 e. The van der Waals surface area contributed by atoms with Gasteiger partial charge in [-0.25, -0.2) is 4.98 Å². The fourth-order valence-electron chi connectivity index (χ4n) is 1.70. The van der Waals surface area contributed by atoms with Gasteiger partial charge in [-0.15, -0.1) is 0 Å². The molecule has 2 aromatic rings. The van der Waals surface area contributed by atoms with Gasteiger partial charge >= 0.3 is 0 Å². The molecule has 0 saturated carbocycles. The SMILES string of the molecule is Cc1ccc(C(=O)Nc2ccc(Cl)cn2)c(C)c1. The molecule has 1 amide bonds. The Morgan fingerprint density at radius 1 is 1.22 bits per heavy atom. The van der Waals surface area contributed by atoms with E-state index in [1.165, 1.54) is 6.20 Å². The van der Waals surface area contributed by atoms with Gasteiger partial charge in [0, 0.05) is 11.8 Å². The van der Waals surface area contributed by atoms with E-state index in [2.05, 4.69) is 10.3 Å². The number of benzene rings is 1. The third-order valence-corrected chi connectivity index (χ3v) is 2.82. The lowest BCUT2D eigenvalue weighted by atomic mass is 10.1. The maximum absolute atomic E-state index is 12.0. The van der Waals surface area contributed by atoms with Crippen LogP contribution < -0.4 is 5.32 Å². The van der Waals surface area contributed by atoms with Crippen molar-refractivity contribution in [3.05, 3.63) is 58.2 Å². The predicted octanol–water partition coefficient (Wildman–Crippen LogP) is 3.60. The van der Waals surface area contributed by atoms with Gasteiger partial charge in [-0.1, -0.05) is 29.3 Å². The van der Waals surface area contributed by atoms with Gasteiger partial charge in [-0.05, 0) is 37.6 Å². The van der Waals surface area contributed by atoms with E-state index in [9.17, 15) is 4.79 Å². The largest absolute Gasteiger partial charge is 0.307 e. The van der Waals surface area contributed by atoms with E-state index < -0.39 is 0 Å². The number of nitrogens with zero attached hydrogens (tertiary/aromatic N) is 1. The van der Waals surface area contributed by atoms with Crippen molar-refractivity contribution in [2.24, 2.45) is 0 Å². The topological polar surface area (TPSA) is 42.0 Å². The third kappa shape index (κ3) is 2.87. The van der Waals surface area contributed by atoms with Crippen molar-refractivity contribution >= 4 is 23.3 Å². The van der Waals surface area contributed by atoms with Crippen molar-refractivity contribution in [1.29, 1.82) is 0 Å². The molecule has 1 N–H and O–H groups in total. The molecule has 0 spiro atoms. The second-order valence-corrected chi connectivity index (χ2v) is 4.57. The zero-order chi connectivity index (χ0) is 13.1. The molecule has 1 aromatic heterocycles. The summed E-state index contributed by atoms with van der Waals surface area (Å²) in [5.41, 5.74) is 2.73. The molecule has 92 valence electrons. The van der Waals surface area contributed by atoms with Crippen LogP contribution >= 0.6 is 11.6 Å². The second kappa shape index (κ2) is 5.19. The van der Waals surface area contributed by atoms with Crippen LogP contribution in [0.2, 0.25) is 5.02 Å². The molecular formula is C14H13ClN2O. The quantitative estimate of drug-likeness (QED) is 0.896. The Bertz CT molecular complexity index is 579. The molecule has 18 heavy (non-hydrogen) atoms. The fourth-order valence-corrected chi connectivity index (χ4v) is 1.81. The van der Waals surface area contributed by atoms with Gasteiger partial charge in [-0.2, -0.15) is 0 Å². The highest BCUT2D eigenvalue weighted by Crippen LogP contribution is 2.14. The summed E-state index contributed by atoms with van der Waals surface area (Å²) < 4.78 is 0. The minimum absolute atomic E-state index is 0.165. The van der Waals surface area contributed by atoms with E-state index in [0.29, 0.717) is 16.4 Å². The summed E-state index contributed by atoms with van der Waals surface area (Å²) in [6.45, 7) is 3.91. The molecule has 1 aromatic carbocycles. The zero-order valence-electron chi connectivity index (χ0n) is 10.2. The molecule has 0 bridgehead atoms. The fraction of sp³-hybridized carbons (Fsp3) is 0.143. The maximum atomic E-state index is 12.0. The van der Waals surface area contributed by atoms with Crippen molar-refractivity contribution in [1.82, 2.24) is 4.98 Å². The molecule has 0 fully saturated rings. The molecule has 0 atom stereocenters. The van der Waals surface area contributed by atoms with Crippen LogP contribution in [0.1, 0.15) is 21.5 Å². The summed E-state index contributed by atoms with van der Waals surface area (Å²) in [4.78, 5) is 16.1. The molecule has 0 aliphatic carbocycles. The molecular weight excluding hydrogens is 248 g/mol. The van der Waals surface area contributed by atoms with Crippen molar-refractivity contribution in [2.45, 2.75) is 13.8 Å². The van der Waals surface area contributed by atoms with Gasteiger partial charge in [0.05, 0.1) is 5.02 Å². The van der Waals surface area contributed by atoms with Crippen LogP contribution in [0.15, 0.2) is 36.5 Å². The van der Waals surface area contributed by atoms with Gasteiger partial charge in [0.1, 0.15) is 5.82 Å². The number of pyridine rings is 1. The Kier molecular flexibility index (Phi) is 3.63. The highest BCUT2D eigenvalue weighted by Gasteiger charge is 2.09. The van der Waals surface area contributed by atoms with Crippen molar-refractivity contribution in [3.8, 4) is 0 Å². The number of nitrogens with one attached hydrogen (secondary N) is 1. The minimum atomic E-state index is -0.165. The van der Waals surface area contributed by atoms with E-state index in [4.69, 9.17) is 11.6 Å². The first-order valence-corrected chi connectivity index (χ1v) is 5.94. The molecule has 0 aliphatic heterocycles. The van der Waals surface area contributed by atoms with Gasteiger partial charge < -0.3 is 5.32 Å². The Hall–Kier alpha value is -1.87. The molecule has 2 rings (SSSR count). The number of halogens is 1. The minimum Gasteiger partial charge on any atom is -0.307 e. The average Bonchev–Trinajstić information content (AvgIpc) is 2.32. The highest BCUT2D eigenvalue weighted by atomic mass is 35.5. The molecule has 0 saturated heterocycles. The van der Waals surface area contributed by atoms with Crippen LogP contribution in [0.5, 0.6) is 0 Å². The Morgan fingerprint density at radius 3 is 2.61 bits per heavy atom. The molecule has 4 heteroatoms. The summed E-state index contributed by atoms with van der Waals surface area (Å²) in [5, 5.41) is 3.28. The van der Waals surface area contributed by atoms with E-state index in [1.807, 2.05) is 32.0 Å². The summed E-state index contributed by atoms with van der Waals surface area (Å²) >= 11 is 5.73. The lowest BCUT2D eigenvalue weighted by Gasteiger charge is -2.07. The first-order valence-electron chi connectivity index (χ1n) is 5.56. The summed E-state index contributed by atoms with van der Waals surface area (Å²) in [6, 6.07) is 9.06. The number of carbonyl (C=O) groups is 1. The third-order valence-electron chi connectivity index (χ3n) is 2.60. The van der Waals surface area contributed by atoms with Crippen molar-refractivity contribution < 1.29 is 4.79 Å². The standard InChI is InChI=1S/C14H13ClN2O/c1-9-3-5-12(10(2)7-9)14(18)17-13-6-4-11(15)8-16-13/h3-8H,1-2H3,(H,16,17,18). The van der Waals surface area contributed by atoms with Crippen LogP contribution in [0, 0.1) is 13.8 Å².